The minimum atomic E-state index is -1.75. The molecule has 3 N–H and O–H groups in total. The molecule has 0 aromatic heterocycles. The standard InChI is InChI=1S/C31H42O8/c1-16-13-22-30(15-37-22,39-19(4)32)24-26(38-27(35)20-11-9-8-10-12-20)31(36)14-21(33)17(2)23(28(31,5)6)18(3)25(34)29(16,24)7/h8-12,16,18,21-22,24-26,33-34,36H,13-15H2,1-7H3/t16-,18+,21-,22+,24?,25+,26-,29+,30-,31+/m0/s1. The van der Waals surface area contributed by atoms with Gasteiger partial charge in [-0.15, -0.1) is 0 Å². The molecule has 1 aromatic carbocycles. The first kappa shape index (κ1) is 28.3. The van der Waals surface area contributed by atoms with E-state index < -0.39 is 70.2 Å². The summed E-state index contributed by atoms with van der Waals surface area (Å²) in [5.74, 6) is -2.54. The molecule has 1 aromatic rings. The average Bonchev–Trinajstić information content (AvgIpc) is 2.87. The van der Waals surface area contributed by atoms with Crippen LogP contribution in [0.4, 0.5) is 0 Å². The Morgan fingerprint density at radius 2 is 1.72 bits per heavy atom. The lowest BCUT2D eigenvalue weighted by atomic mass is 9.42. The molecule has 214 valence electrons. The number of esters is 2. The van der Waals surface area contributed by atoms with E-state index >= 15 is 0 Å². The molecule has 5 rings (SSSR count). The molecule has 3 fully saturated rings. The molecule has 4 aliphatic rings. The zero-order chi connectivity index (χ0) is 28.7. The van der Waals surface area contributed by atoms with Crippen LogP contribution in [-0.2, 0) is 19.0 Å². The van der Waals surface area contributed by atoms with Crippen LogP contribution in [0.2, 0.25) is 0 Å². The normalized spacial score (nSPS) is 44.6. The molecule has 1 aliphatic heterocycles. The number of hydrogen-bond acceptors (Lipinski definition) is 8. The van der Waals surface area contributed by atoms with Gasteiger partial charge in [0, 0.05) is 30.1 Å². The predicted molar refractivity (Wildman–Crippen MR) is 142 cm³/mol. The Kier molecular flexibility index (Phi) is 6.62. The Bertz CT molecular complexity index is 1190. The fraction of sp³-hybridized carbons (Fsp3) is 0.677. The Labute approximate surface area is 230 Å². The second-order valence-electron chi connectivity index (χ2n) is 13.1. The lowest BCUT2D eigenvalue weighted by Crippen LogP contribution is -2.80. The molecule has 8 heteroatoms. The topological polar surface area (TPSA) is 123 Å². The molecule has 2 saturated carbocycles. The van der Waals surface area contributed by atoms with Gasteiger partial charge >= 0.3 is 11.9 Å². The Balaban J connectivity index is 1.80. The summed E-state index contributed by atoms with van der Waals surface area (Å²) in [5.41, 5.74) is -3.14. The lowest BCUT2D eigenvalue weighted by Gasteiger charge is -2.69. The first-order valence-electron chi connectivity index (χ1n) is 14.0. The van der Waals surface area contributed by atoms with Gasteiger partial charge in [-0.25, -0.2) is 4.79 Å². The summed E-state index contributed by atoms with van der Waals surface area (Å²) in [7, 11) is 0. The third-order valence-corrected chi connectivity index (χ3v) is 11.0. The highest BCUT2D eigenvalue weighted by Crippen LogP contribution is 2.67. The molecule has 3 aliphatic carbocycles. The van der Waals surface area contributed by atoms with Crippen LogP contribution >= 0.6 is 0 Å². The second-order valence-corrected chi connectivity index (χ2v) is 13.1. The predicted octanol–water partition coefficient (Wildman–Crippen LogP) is 3.42. The van der Waals surface area contributed by atoms with Crippen LogP contribution in [-0.4, -0.2) is 69.5 Å². The van der Waals surface area contributed by atoms with Crippen molar-refractivity contribution in [3.8, 4) is 0 Å². The highest BCUT2D eigenvalue weighted by Gasteiger charge is 2.76. The van der Waals surface area contributed by atoms with Crippen molar-refractivity contribution in [3.63, 3.8) is 0 Å². The number of hydrogen-bond donors (Lipinski definition) is 3. The summed E-state index contributed by atoms with van der Waals surface area (Å²) in [6.45, 7) is 12.9. The van der Waals surface area contributed by atoms with E-state index in [-0.39, 0.29) is 18.9 Å². The van der Waals surface area contributed by atoms with Crippen molar-refractivity contribution < 1.29 is 39.1 Å². The SMILES string of the molecule is CC(=O)O[C@@]12CO[C@@H]1C[C@H](C)[C@]1(C)C2[C@H](OC(=O)c2ccccc2)[C@]2(O)C[C@H](O)C(C)=C([C@@H](C)[C@H]1O)C2(C)C. The molecule has 8 nitrogen and oxygen atoms in total. The van der Waals surface area contributed by atoms with Crippen molar-refractivity contribution in [1.29, 1.82) is 0 Å². The van der Waals surface area contributed by atoms with Gasteiger partial charge < -0.3 is 29.5 Å². The van der Waals surface area contributed by atoms with E-state index in [9.17, 15) is 24.9 Å². The van der Waals surface area contributed by atoms with Crippen molar-refractivity contribution in [2.75, 3.05) is 6.61 Å². The van der Waals surface area contributed by atoms with Gasteiger partial charge in [0.05, 0.1) is 30.3 Å². The van der Waals surface area contributed by atoms with E-state index in [1.807, 2.05) is 41.5 Å². The van der Waals surface area contributed by atoms with E-state index in [0.29, 0.717) is 12.0 Å². The maximum atomic E-state index is 13.7. The van der Waals surface area contributed by atoms with Crippen LogP contribution in [0.1, 0.15) is 71.7 Å². The lowest BCUT2D eigenvalue weighted by molar-refractivity contribution is -0.356. The summed E-state index contributed by atoms with van der Waals surface area (Å²) in [5, 5.41) is 36.4. The van der Waals surface area contributed by atoms with Gasteiger partial charge in [0.25, 0.3) is 0 Å². The number of rotatable bonds is 3. The molecular formula is C31H42O8. The smallest absolute Gasteiger partial charge is 0.338 e. The first-order chi connectivity index (χ1) is 18.1. The fourth-order valence-corrected chi connectivity index (χ4v) is 8.72. The fourth-order valence-electron chi connectivity index (χ4n) is 8.72. The molecule has 0 amide bonds. The summed E-state index contributed by atoms with van der Waals surface area (Å²) in [6.07, 6.45) is -3.22. The van der Waals surface area contributed by atoms with Gasteiger partial charge in [0.1, 0.15) is 17.8 Å². The summed E-state index contributed by atoms with van der Waals surface area (Å²) >= 11 is 0. The summed E-state index contributed by atoms with van der Waals surface area (Å²) in [6, 6.07) is 8.54. The molecule has 39 heavy (non-hydrogen) atoms. The minimum Gasteiger partial charge on any atom is -0.455 e. The van der Waals surface area contributed by atoms with Gasteiger partial charge in [-0.05, 0) is 37.0 Å². The van der Waals surface area contributed by atoms with E-state index in [0.717, 1.165) is 11.1 Å². The van der Waals surface area contributed by atoms with Crippen LogP contribution in [0.3, 0.4) is 0 Å². The maximum absolute atomic E-state index is 13.7. The van der Waals surface area contributed by atoms with E-state index in [1.54, 1.807) is 30.3 Å². The van der Waals surface area contributed by atoms with Gasteiger partial charge in [-0.1, -0.05) is 58.4 Å². The van der Waals surface area contributed by atoms with Crippen molar-refractivity contribution in [2.24, 2.45) is 28.6 Å². The molecule has 2 bridgehead atoms. The van der Waals surface area contributed by atoms with Crippen LogP contribution in [0.25, 0.3) is 0 Å². The third-order valence-electron chi connectivity index (χ3n) is 11.0. The van der Waals surface area contributed by atoms with Gasteiger partial charge in [-0.3, -0.25) is 4.79 Å². The summed E-state index contributed by atoms with van der Waals surface area (Å²) in [4.78, 5) is 26.3. The van der Waals surface area contributed by atoms with Crippen molar-refractivity contribution >= 4 is 11.9 Å². The van der Waals surface area contributed by atoms with Crippen LogP contribution in [0, 0.1) is 28.6 Å². The molecule has 10 atom stereocenters. The Hall–Kier alpha value is -2.26. The largest absolute Gasteiger partial charge is 0.455 e. The van der Waals surface area contributed by atoms with Gasteiger partial charge in [0.15, 0.2) is 5.60 Å². The quantitative estimate of drug-likeness (QED) is 0.392. The summed E-state index contributed by atoms with van der Waals surface area (Å²) < 4.78 is 18.4. The number of carbonyl (C=O) groups excluding carboxylic acids is 2. The van der Waals surface area contributed by atoms with Crippen molar-refractivity contribution in [2.45, 2.75) is 96.9 Å². The highest BCUT2D eigenvalue weighted by atomic mass is 16.6. The molecule has 0 spiro atoms. The van der Waals surface area contributed by atoms with E-state index in [2.05, 4.69) is 0 Å². The van der Waals surface area contributed by atoms with E-state index in [1.165, 1.54) is 6.92 Å². The zero-order valence-corrected chi connectivity index (χ0v) is 23.9. The van der Waals surface area contributed by atoms with Crippen molar-refractivity contribution in [3.05, 3.63) is 47.0 Å². The molecule has 0 radical (unpaired) electrons. The van der Waals surface area contributed by atoms with Gasteiger partial charge in [0.2, 0.25) is 0 Å². The number of aliphatic hydroxyl groups is 3. The van der Waals surface area contributed by atoms with E-state index in [4.69, 9.17) is 14.2 Å². The number of carbonyl (C=O) groups is 2. The minimum absolute atomic E-state index is 0.0610. The highest BCUT2D eigenvalue weighted by molar-refractivity contribution is 5.89. The average molecular weight is 543 g/mol. The van der Waals surface area contributed by atoms with Crippen LogP contribution < -0.4 is 0 Å². The van der Waals surface area contributed by atoms with Crippen molar-refractivity contribution in [1.82, 2.24) is 0 Å². The number of fused-ring (bicyclic) bond motifs is 5. The zero-order valence-electron chi connectivity index (χ0n) is 23.9. The molecule has 1 unspecified atom stereocenters. The third kappa shape index (κ3) is 3.71. The maximum Gasteiger partial charge on any atom is 0.338 e. The van der Waals surface area contributed by atoms with Crippen LogP contribution in [0.5, 0.6) is 0 Å². The number of benzene rings is 1. The Morgan fingerprint density at radius 1 is 1.08 bits per heavy atom. The van der Waals surface area contributed by atoms with Crippen LogP contribution in [0.15, 0.2) is 41.5 Å². The molecular weight excluding hydrogens is 500 g/mol. The second kappa shape index (κ2) is 9.13. The molecule has 1 heterocycles. The number of aliphatic hydroxyl groups excluding tert-OH is 2. The first-order valence-corrected chi connectivity index (χ1v) is 14.0. The van der Waals surface area contributed by atoms with Gasteiger partial charge in [-0.2, -0.15) is 0 Å². The number of ether oxygens (including phenoxy) is 3. The Morgan fingerprint density at radius 3 is 2.28 bits per heavy atom. The molecule has 1 saturated heterocycles. The monoisotopic (exact) mass is 542 g/mol.